The molecular formula is C30H39NSi. The van der Waals surface area contributed by atoms with Gasteiger partial charge in [0.2, 0.25) is 0 Å². The van der Waals surface area contributed by atoms with Gasteiger partial charge in [0.15, 0.2) is 8.07 Å². The zero-order chi connectivity index (χ0) is 23.5. The molecule has 1 nitrogen and oxygen atoms in total. The van der Waals surface area contributed by atoms with Gasteiger partial charge in [0.05, 0.1) is 0 Å². The van der Waals surface area contributed by atoms with Crippen LogP contribution in [0.1, 0.15) is 73.4 Å². The molecule has 1 N–H and O–H groups in total. The maximum Gasteiger partial charge on any atom is 0.158 e. The third-order valence-electron chi connectivity index (χ3n) is 7.20. The molecule has 0 saturated heterocycles. The Bertz CT molecular complexity index is 1140. The van der Waals surface area contributed by atoms with Gasteiger partial charge in [0.1, 0.15) is 0 Å². The van der Waals surface area contributed by atoms with Crippen LogP contribution in [0, 0.1) is 0 Å². The molecule has 0 unspecified atom stereocenters. The zero-order valence-electron chi connectivity index (χ0n) is 21.4. The summed E-state index contributed by atoms with van der Waals surface area (Å²) in [5.41, 5.74) is 5.60. The first-order valence-corrected chi connectivity index (χ1v) is 13.9. The predicted octanol–water partition coefficient (Wildman–Crippen LogP) is 6.61. The molecule has 2 heteroatoms. The number of hydrogen-bond donors (Lipinski definition) is 1. The standard InChI is InChI=1S/C30H39NSi/c1-28(2,3)21-14-17-23(18-15-21)32(30(7,8)9)26-13-11-10-12-24(26)31-25-20-22(29(4,5)6)16-19-27(25)32/h10-20,31H,1-9H3/t32-/m1/s1. The van der Waals surface area contributed by atoms with Crippen molar-refractivity contribution in [3.63, 3.8) is 0 Å². The summed E-state index contributed by atoms with van der Waals surface area (Å²) in [6, 6.07) is 25.8. The van der Waals surface area contributed by atoms with E-state index in [0.717, 1.165) is 0 Å². The van der Waals surface area contributed by atoms with E-state index in [9.17, 15) is 0 Å². The topological polar surface area (TPSA) is 12.0 Å². The van der Waals surface area contributed by atoms with Crippen LogP contribution in [0.2, 0.25) is 5.04 Å². The largest absolute Gasteiger partial charge is 0.356 e. The molecule has 0 fully saturated rings. The number of nitrogens with one attached hydrogen (secondary N) is 1. The fourth-order valence-corrected chi connectivity index (χ4v) is 11.3. The van der Waals surface area contributed by atoms with Crippen molar-refractivity contribution in [1.29, 1.82) is 0 Å². The van der Waals surface area contributed by atoms with E-state index >= 15 is 0 Å². The molecule has 3 aromatic rings. The minimum atomic E-state index is -2.33. The summed E-state index contributed by atoms with van der Waals surface area (Å²) in [5, 5.41) is 8.41. The lowest BCUT2D eigenvalue weighted by Crippen LogP contribution is -2.74. The highest BCUT2D eigenvalue weighted by Gasteiger charge is 2.53. The minimum absolute atomic E-state index is 0.104. The number of hydrogen-bond acceptors (Lipinski definition) is 1. The number of benzene rings is 3. The van der Waals surface area contributed by atoms with Gasteiger partial charge in [-0.25, -0.2) is 0 Å². The molecule has 0 spiro atoms. The zero-order valence-corrected chi connectivity index (χ0v) is 22.4. The van der Waals surface area contributed by atoms with Gasteiger partial charge in [-0.1, -0.05) is 117 Å². The summed E-state index contributed by atoms with van der Waals surface area (Å²) < 4.78 is 0. The fraction of sp³-hybridized carbons (Fsp3) is 0.400. The van der Waals surface area contributed by atoms with Crippen molar-refractivity contribution in [2.24, 2.45) is 0 Å². The Morgan fingerprint density at radius 3 is 1.66 bits per heavy atom. The van der Waals surface area contributed by atoms with Crippen molar-refractivity contribution in [2.75, 3.05) is 5.32 Å². The Morgan fingerprint density at radius 1 is 0.562 bits per heavy atom. The lowest BCUT2D eigenvalue weighted by molar-refractivity contribution is 0.590. The second-order valence-corrected chi connectivity index (χ2v) is 17.2. The maximum atomic E-state index is 3.82. The van der Waals surface area contributed by atoms with Crippen molar-refractivity contribution in [3.05, 3.63) is 77.9 Å². The van der Waals surface area contributed by atoms with Gasteiger partial charge in [0.25, 0.3) is 0 Å². The second kappa shape index (κ2) is 7.35. The Kier molecular flexibility index (Phi) is 5.25. The summed E-state index contributed by atoms with van der Waals surface area (Å²) in [5.74, 6) is 0. The van der Waals surface area contributed by atoms with E-state index in [-0.39, 0.29) is 15.9 Å². The van der Waals surface area contributed by atoms with Crippen molar-refractivity contribution in [1.82, 2.24) is 0 Å². The van der Waals surface area contributed by atoms with Gasteiger partial charge in [-0.3, -0.25) is 0 Å². The van der Waals surface area contributed by atoms with Gasteiger partial charge in [-0.15, -0.1) is 0 Å². The molecule has 168 valence electrons. The highest BCUT2D eigenvalue weighted by Crippen LogP contribution is 2.42. The summed E-state index contributed by atoms with van der Waals surface area (Å²) >= 11 is 0. The van der Waals surface area contributed by atoms with E-state index in [4.69, 9.17) is 0 Å². The van der Waals surface area contributed by atoms with Crippen molar-refractivity contribution in [3.8, 4) is 0 Å². The fourth-order valence-electron chi connectivity index (χ4n) is 5.42. The number of para-hydroxylation sites is 1. The molecule has 32 heavy (non-hydrogen) atoms. The molecule has 1 aliphatic rings. The van der Waals surface area contributed by atoms with Crippen LogP contribution in [-0.2, 0) is 10.8 Å². The SMILES string of the molecule is CC(C)(C)c1ccc([Si@@]2(C(C)(C)C)c3ccccc3Nc3cc(C(C)(C)C)ccc32)cc1. The molecule has 1 aliphatic heterocycles. The summed E-state index contributed by atoms with van der Waals surface area (Å²) in [6.07, 6.45) is 0. The van der Waals surface area contributed by atoms with Gasteiger partial charge in [-0.05, 0) is 54.7 Å². The van der Waals surface area contributed by atoms with Crippen LogP contribution < -0.4 is 20.9 Å². The van der Waals surface area contributed by atoms with E-state index in [2.05, 4.69) is 134 Å². The van der Waals surface area contributed by atoms with E-state index < -0.39 is 8.07 Å². The van der Waals surface area contributed by atoms with E-state index in [1.54, 1.807) is 0 Å². The molecule has 0 saturated carbocycles. The van der Waals surface area contributed by atoms with E-state index in [1.807, 2.05) is 0 Å². The normalized spacial score (nSPS) is 18.5. The van der Waals surface area contributed by atoms with Crippen LogP contribution in [0.3, 0.4) is 0 Å². The molecular weight excluding hydrogens is 402 g/mol. The Morgan fingerprint density at radius 2 is 1.09 bits per heavy atom. The molecule has 0 aromatic heterocycles. The summed E-state index contributed by atoms with van der Waals surface area (Å²) in [4.78, 5) is 0. The molecule has 1 heterocycles. The first-order chi connectivity index (χ1) is 14.8. The number of anilines is 2. The number of rotatable bonds is 1. The van der Waals surface area contributed by atoms with Crippen molar-refractivity contribution >= 4 is 35.0 Å². The van der Waals surface area contributed by atoms with Gasteiger partial charge in [0, 0.05) is 11.4 Å². The minimum Gasteiger partial charge on any atom is -0.356 e. The quantitative estimate of drug-likeness (QED) is 0.419. The predicted molar refractivity (Wildman–Crippen MR) is 144 cm³/mol. The lowest BCUT2D eigenvalue weighted by Gasteiger charge is -2.48. The molecule has 0 bridgehead atoms. The van der Waals surface area contributed by atoms with Crippen LogP contribution in [0.15, 0.2) is 66.7 Å². The monoisotopic (exact) mass is 441 g/mol. The summed E-state index contributed by atoms with van der Waals surface area (Å²) in [7, 11) is -2.33. The smallest absolute Gasteiger partial charge is 0.158 e. The Labute approximate surface area is 196 Å². The van der Waals surface area contributed by atoms with Crippen LogP contribution in [-0.4, -0.2) is 8.07 Å². The average Bonchev–Trinajstić information content (AvgIpc) is 2.69. The van der Waals surface area contributed by atoms with Gasteiger partial charge in [-0.2, -0.15) is 0 Å². The van der Waals surface area contributed by atoms with Crippen molar-refractivity contribution < 1.29 is 0 Å². The second-order valence-electron chi connectivity index (χ2n) is 12.5. The van der Waals surface area contributed by atoms with Crippen molar-refractivity contribution in [2.45, 2.75) is 78.2 Å². The molecule has 0 radical (unpaired) electrons. The molecule has 0 amide bonds. The average molecular weight is 442 g/mol. The summed E-state index contributed by atoms with van der Waals surface area (Å²) in [6.45, 7) is 21.1. The lowest BCUT2D eigenvalue weighted by atomic mass is 9.87. The van der Waals surface area contributed by atoms with E-state index in [0.29, 0.717) is 0 Å². The van der Waals surface area contributed by atoms with Gasteiger partial charge >= 0.3 is 0 Å². The maximum absolute atomic E-state index is 3.82. The molecule has 0 aliphatic carbocycles. The molecule has 3 aromatic carbocycles. The van der Waals surface area contributed by atoms with Gasteiger partial charge < -0.3 is 5.32 Å². The highest BCUT2D eigenvalue weighted by atomic mass is 28.3. The molecule has 1 atom stereocenters. The van der Waals surface area contributed by atoms with Crippen LogP contribution in [0.5, 0.6) is 0 Å². The Balaban J connectivity index is 2.07. The molecule has 4 rings (SSSR count). The first kappa shape index (κ1) is 22.9. The highest BCUT2D eigenvalue weighted by molar-refractivity contribution is 7.15. The van der Waals surface area contributed by atoms with E-state index in [1.165, 1.54) is 38.1 Å². The Hall–Kier alpha value is -2.32. The van der Waals surface area contributed by atoms with Crippen LogP contribution in [0.25, 0.3) is 0 Å². The van der Waals surface area contributed by atoms with Crippen LogP contribution >= 0.6 is 0 Å². The third-order valence-corrected chi connectivity index (χ3v) is 13.1. The number of fused-ring (bicyclic) bond motifs is 2. The first-order valence-electron chi connectivity index (χ1n) is 11.9. The third kappa shape index (κ3) is 3.53. The van der Waals surface area contributed by atoms with Crippen LogP contribution in [0.4, 0.5) is 11.4 Å².